The van der Waals surface area contributed by atoms with Crippen molar-refractivity contribution >= 4 is 11.6 Å². The van der Waals surface area contributed by atoms with E-state index in [4.69, 9.17) is 21.1 Å². The molecular weight excluding hydrogens is 295 g/mol. The van der Waals surface area contributed by atoms with Gasteiger partial charge >= 0.3 is 0 Å². The molecule has 0 amide bonds. The number of benzene rings is 1. The molecule has 0 spiro atoms. The first kappa shape index (κ1) is 15.7. The molecule has 1 N–H and O–H groups in total. The van der Waals surface area contributed by atoms with E-state index in [1.807, 2.05) is 6.07 Å². The minimum absolute atomic E-state index is 0.0628. The van der Waals surface area contributed by atoms with Gasteiger partial charge in [-0.2, -0.15) is 0 Å². The third kappa shape index (κ3) is 4.97. The molecule has 1 heterocycles. The maximum atomic E-state index is 13.3. The Labute approximate surface area is 127 Å². The van der Waals surface area contributed by atoms with Gasteiger partial charge in [0.25, 0.3) is 0 Å². The summed E-state index contributed by atoms with van der Waals surface area (Å²) >= 11 is 5.61. The van der Waals surface area contributed by atoms with E-state index >= 15 is 0 Å². The van der Waals surface area contributed by atoms with E-state index < -0.39 is 5.82 Å². The average molecular weight is 311 g/mol. The highest BCUT2D eigenvalue weighted by atomic mass is 35.5. The van der Waals surface area contributed by atoms with E-state index in [1.165, 1.54) is 12.1 Å². The Hall–Kier alpha value is -1.69. The summed E-state index contributed by atoms with van der Waals surface area (Å²) in [4.78, 5) is 4.18. The van der Waals surface area contributed by atoms with Crippen LogP contribution in [0.15, 0.2) is 36.5 Å². The van der Waals surface area contributed by atoms with Crippen molar-refractivity contribution in [2.24, 2.45) is 0 Å². The van der Waals surface area contributed by atoms with Crippen LogP contribution in [0.1, 0.15) is 5.56 Å². The zero-order valence-corrected chi connectivity index (χ0v) is 12.4. The van der Waals surface area contributed by atoms with Gasteiger partial charge in [-0.3, -0.25) is 0 Å². The first-order valence-corrected chi connectivity index (χ1v) is 6.84. The molecule has 0 fully saturated rings. The van der Waals surface area contributed by atoms with Gasteiger partial charge in [0, 0.05) is 38.5 Å². The summed E-state index contributed by atoms with van der Waals surface area (Å²) in [6, 6.07) is 7.89. The van der Waals surface area contributed by atoms with Crippen LogP contribution in [-0.2, 0) is 11.3 Å². The van der Waals surface area contributed by atoms with Crippen LogP contribution in [0.25, 0.3) is 0 Å². The van der Waals surface area contributed by atoms with Crippen molar-refractivity contribution in [2.45, 2.75) is 6.54 Å². The van der Waals surface area contributed by atoms with E-state index in [0.29, 0.717) is 24.8 Å². The highest BCUT2D eigenvalue weighted by Crippen LogP contribution is 2.24. The number of nitrogens with zero attached hydrogens (tertiary/aromatic N) is 1. The van der Waals surface area contributed by atoms with Gasteiger partial charge in [0.2, 0.25) is 5.88 Å². The lowest BCUT2D eigenvalue weighted by atomic mass is 10.3. The summed E-state index contributed by atoms with van der Waals surface area (Å²) in [5.41, 5.74) is 1.03. The van der Waals surface area contributed by atoms with Crippen molar-refractivity contribution in [1.29, 1.82) is 0 Å². The molecule has 0 aliphatic carbocycles. The topological polar surface area (TPSA) is 43.4 Å². The van der Waals surface area contributed by atoms with E-state index in [0.717, 1.165) is 12.1 Å². The number of nitrogens with one attached hydrogen (secondary N) is 1. The zero-order valence-electron chi connectivity index (χ0n) is 11.6. The molecule has 6 heteroatoms. The molecular formula is C15H16ClFN2O2. The molecule has 4 nitrogen and oxygen atoms in total. The molecule has 112 valence electrons. The summed E-state index contributed by atoms with van der Waals surface area (Å²) in [5, 5.41) is 3.28. The smallest absolute Gasteiger partial charge is 0.219 e. The molecule has 1 aromatic carbocycles. The van der Waals surface area contributed by atoms with Crippen molar-refractivity contribution in [2.75, 3.05) is 20.3 Å². The van der Waals surface area contributed by atoms with E-state index in [2.05, 4.69) is 10.3 Å². The maximum absolute atomic E-state index is 13.3. The molecule has 2 rings (SSSR count). The first-order valence-electron chi connectivity index (χ1n) is 6.46. The zero-order chi connectivity index (χ0) is 15.1. The molecule has 21 heavy (non-hydrogen) atoms. The second-order valence-corrected chi connectivity index (χ2v) is 4.76. The van der Waals surface area contributed by atoms with Crippen LogP contribution in [0.2, 0.25) is 5.02 Å². The van der Waals surface area contributed by atoms with Crippen molar-refractivity contribution in [3.05, 3.63) is 52.9 Å². The Bertz CT molecular complexity index is 578. The van der Waals surface area contributed by atoms with E-state index in [9.17, 15) is 4.39 Å². The monoisotopic (exact) mass is 310 g/mol. The molecule has 0 radical (unpaired) electrons. The summed E-state index contributed by atoms with van der Waals surface area (Å²) in [6.45, 7) is 2.14. The Morgan fingerprint density at radius 2 is 2.14 bits per heavy atom. The molecule has 0 saturated carbocycles. The van der Waals surface area contributed by atoms with Crippen LogP contribution in [0.5, 0.6) is 11.6 Å². The number of pyridine rings is 1. The van der Waals surface area contributed by atoms with Crippen molar-refractivity contribution in [3.63, 3.8) is 0 Å². The number of aromatic nitrogens is 1. The Balaban J connectivity index is 1.91. The number of rotatable bonds is 7. The summed E-state index contributed by atoms with van der Waals surface area (Å²) in [6.07, 6.45) is 1.71. The fourth-order valence-corrected chi connectivity index (χ4v) is 1.76. The molecule has 0 unspecified atom stereocenters. The fraction of sp³-hybridized carbons (Fsp3) is 0.267. The van der Waals surface area contributed by atoms with E-state index in [1.54, 1.807) is 25.4 Å². The number of hydrogen-bond acceptors (Lipinski definition) is 4. The van der Waals surface area contributed by atoms with Crippen LogP contribution in [0, 0.1) is 5.82 Å². The lowest BCUT2D eigenvalue weighted by molar-refractivity contribution is 0.199. The third-order valence-electron chi connectivity index (χ3n) is 2.72. The van der Waals surface area contributed by atoms with Crippen molar-refractivity contribution in [3.8, 4) is 11.6 Å². The molecule has 0 saturated heterocycles. The highest BCUT2D eigenvalue weighted by molar-refractivity contribution is 6.30. The molecule has 1 aromatic heterocycles. The van der Waals surface area contributed by atoms with Crippen LogP contribution in [0.3, 0.4) is 0 Å². The second kappa shape index (κ2) is 7.93. The predicted octanol–water partition coefficient (Wildman–Crippen LogP) is 3.40. The summed E-state index contributed by atoms with van der Waals surface area (Å²) < 4.78 is 23.7. The molecule has 2 aromatic rings. The standard InChI is InChI=1S/C15H16ClFN2O2/c1-20-7-6-18-9-11-2-5-15(19-10-11)21-12-3-4-13(16)14(17)8-12/h2-5,8,10,18H,6-7,9H2,1H3. The lowest BCUT2D eigenvalue weighted by Gasteiger charge is -2.07. The number of halogens is 2. The van der Waals surface area contributed by atoms with Crippen LogP contribution < -0.4 is 10.1 Å². The average Bonchev–Trinajstić information content (AvgIpc) is 2.49. The largest absolute Gasteiger partial charge is 0.439 e. The van der Waals surface area contributed by atoms with Gasteiger partial charge in [0.1, 0.15) is 11.6 Å². The minimum Gasteiger partial charge on any atom is -0.439 e. The van der Waals surface area contributed by atoms with Gasteiger partial charge < -0.3 is 14.8 Å². The SMILES string of the molecule is COCCNCc1ccc(Oc2ccc(Cl)c(F)c2)nc1. The van der Waals surface area contributed by atoms with Gasteiger partial charge in [-0.1, -0.05) is 17.7 Å². The van der Waals surface area contributed by atoms with Gasteiger partial charge in [-0.05, 0) is 17.7 Å². The van der Waals surface area contributed by atoms with Crippen LogP contribution >= 0.6 is 11.6 Å². The summed E-state index contributed by atoms with van der Waals surface area (Å²) in [7, 11) is 1.66. The third-order valence-corrected chi connectivity index (χ3v) is 3.03. The predicted molar refractivity (Wildman–Crippen MR) is 79.3 cm³/mol. The van der Waals surface area contributed by atoms with E-state index in [-0.39, 0.29) is 5.02 Å². The minimum atomic E-state index is -0.520. The normalized spacial score (nSPS) is 10.6. The number of methoxy groups -OCH3 is 1. The first-order chi connectivity index (χ1) is 10.2. The Kier molecular flexibility index (Phi) is 5.92. The Morgan fingerprint density at radius 3 is 2.81 bits per heavy atom. The molecule has 0 aliphatic heterocycles. The molecule has 0 atom stereocenters. The number of hydrogen-bond donors (Lipinski definition) is 1. The van der Waals surface area contributed by atoms with Crippen LogP contribution in [-0.4, -0.2) is 25.2 Å². The van der Waals surface area contributed by atoms with Gasteiger partial charge in [0.05, 0.1) is 11.6 Å². The molecule has 0 bridgehead atoms. The quantitative estimate of drug-likeness (QED) is 0.796. The Morgan fingerprint density at radius 1 is 1.29 bits per heavy atom. The lowest BCUT2D eigenvalue weighted by Crippen LogP contribution is -2.18. The van der Waals surface area contributed by atoms with Gasteiger partial charge in [-0.25, -0.2) is 9.37 Å². The highest BCUT2D eigenvalue weighted by Gasteiger charge is 2.04. The maximum Gasteiger partial charge on any atom is 0.219 e. The second-order valence-electron chi connectivity index (χ2n) is 4.35. The number of ether oxygens (including phenoxy) is 2. The van der Waals surface area contributed by atoms with Crippen molar-refractivity contribution < 1.29 is 13.9 Å². The van der Waals surface area contributed by atoms with Gasteiger partial charge in [0.15, 0.2) is 0 Å². The molecule has 0 aliphatic rings. The fourth-order valence-electron chi connectivity index (χ4n) is 1.64. The van der Waals surface area contributed by atoms with Crippen molar-refractivity contribution in [1.82, 2.24) is 10.3 Å². The summed E-state index contributed by atoms with van der Waals surface area (Å²) in [5.74, 6) is 0.237. The van der Waals surface area contributed by atoms with Gasteiger partial charge in [-0.15, -0.1) is 0 Å². The van der Waals surface area contributed by atoms with Crippen LogP contribution in [0.4, 0.5) is 4.39 Å².